The molecule has 0 saturated heterocycles. The zero-order chi connectivity index (χ0) is 14.8. The van der Waals surface area contributed by atoms with Crippen molar-refractivity contribution in [1.29, 1.82) is 5.26 Å². The van der Waals surface area contributed by atoms with Gasteiger partial charge < -0.3 is 16.0 Å². The van der Waals surface area contributed by atoms with E-state index in [2.05, 4.69) is 28.3 Å². The van der Waals surface area contributed by atoms with Gasteiger partial charge in [-0.25, -0.2) is 4.98 Å². The van der Waals surface area contributed by atoms with Crippen LogP contribution in [0.25, 0.3) is 11.0 Å². The van der Waals surface area contributed by atoms with E-state index in [4.69, 9.17) is 11.0 Å². The third kappa shape index (κ3) is 2.66. The first-order valence-electron chi connectivity index (χ1n) is 7.54. The van der Waals surface area contributed by atoms with Crippen molar-refractivity contribution in [2.24, 2.45) is 11.8 Å². The first-order valence-corrected chi connectivity index (χ1v) is 7.54. The topological polar surface area (TPSA) is 90.5 Å². The Kier molecular flexibility index (Phi) is 3.70. The number of nitriles is 1. The number of nitrogens with two attached hydrogens (primary N) is 1. The maximum Gasteiger partial charge on any atom is 0.139 e. The Labute approximate surface area is 124 Å². The Morgan fingerprint density at radius 3 is 3.19 bits per heavy atom. The molecule has 0 aromatic carbocycles. The molecular formula is C16H21N5. The number of H-pyrrole nitrogens is 1. The second kappa shape index (κ2) is 5.65. The van der Waals surface area contributed by atoms with Crippen LogP contribution in [0, 0.1) is 23.2 Å². The van der Waals surface area contributed by atoms with E-state index in [9.17, 15) is 0 Å². The normalized spacial score (nSPS) is 25.0. The van der Waals surface area contributed by atoms with Gasteiger partial charge >= 0.3 is 0 Å². The van der Waals surface area contributed by atoms with Crippen molar-refractivity contribution in [3.05, 3.63) is 18.5 Å². The fraction of sp³-hybridized carbons (Fsp3) is 0.500. The third-order valence-electron chi connectivity index (χ3n) is 4.59. The summed E-state index contributed by atoms with van der Waals surface area (Å²) >= 11 is 0. The largest absolute Gasteiger partial charge is 0.396 e. The number of aromatic nitrogens is 2. The lowest BCUT2D eigenvalue weighted by molar-refractivity contribution is 0.486. The Morgan fingerprint density at radius 1 is 1.52 bits per heavy atom. The quantitative estimate of drug-likeness (QED) is 0.803. The molecule has 21 heavy (non-hydrogen) atoms. The molecule has 4 N–H and O–H groups in total. The van der Waals surface area contributed by atoms with E-state index in [0.717, 1.165) is 29.6 Å². The van der Waals surface area contributed by atoms with Gasteiger partial charge in [0.05, 0.1) is 23.6 Å². The molecule has 3 atom stereocenters. The molecule has 0 spiro atoms. The molecule has 0 aliphatic heterocycles. The van der Waals surface area contributed by atoms with E-state index in [1.165, 1.54) is 6.42 Å². The van der Waals surface area contributed by atoms with Gasteiger partial charge in [0.15, 0.2) is 0 Å². The zero-order valence-corrected chi connectivity index (χ0v) is 12.3. The van der Waals surface area contributed by atoms with Crippen LogP contribution >= 0.6 is 0 Å². The van der Waals surface area contributed by atoms with Crippen LogP contribution < -0.4 is 11.1 Å². The fourth-order valence-electron chi connectivity index (χ4n) is 3.45. The van der Waals surface area contributed by atoms with Gasteiger partial charge in [-0.2, -0.15) is 5.26 Å². The maximum atomic E-state index is 8.73. The molecule has 3 unspecified atom stereocenters. The lowest BCUT2D eigenvalue weighted by Gasteiger charge is -2.20. The van der Waals surface area contributed by atoms with Crippen molar-refractivity contribution in [3.8, 4) is 6.07 Å². The summed E-state index contributed by atoms with van der Waals surface area (Å²) < 4.78 is 0. The van der Waals surface area contributed by atoms with E-state index in [0.29, 0.717) is 30.0 Å². The van der Waals surface area contributed by atoms with E-state index in [1.54, 1.807) is 6.20 Å². The minimum Gasteiger partial charge on any atom is -0.396 e. The maximum absolute atomic E-state index is 8.73. The lowest BCUT2D eigenvalue weighted by atomic mass is 10.0. The van der Waals surface area contributed by atoms with Gasteiger partial charge in [-0.3, -0.25) is 0 Å². The van der Waals surface area contributed by atoms with Crippen LogP contribution in [0.5, 0.6) is 0 Å². The number of aromatic amines is 1. The van der Waals surface area contributed by atoms with Gasteiger partial charge in [-0.1, -0.05) is 6.92 Å². The number of rotatable bonds is 4. The van der Waals surface area contributed by atoms with Crippen LogP contribution in [-0.4, -0.2) is 16.0 Å². The number of nitrogens with zero attached hydrogens (tertiary/aromatic N) is 2. The summed E-state index contributed by atoms with van der Waals surface area (Å²) in [5, 5.41) is 13.4. The number of hydrogen-bond acceptors (Lipinski definition) is 4. The van der Waals surface area contributed by atoms with Crippen LogP contribution in [0.4, 0.5) is 11.4 Å². The Bertz CT molecular complexity index is 669. The highest BCUT2D eigenvalue weighted by molar-refractivity contribution is 5.95. The number of fused-ring (bicyclic) bond motifs is 1. The van der Waals surface area contributed by atoms with Crippen LogP contribution in [0.2, 0.25) is 0 Å². The predicted molar refractivity (Wildman–Crippen MR) is 84.7 cm³/mol. The highest BCUT2D eigenvalue weighted by atomic mass is 15.0. The fourth-order valence-corrected chi connectivity index (χ4v) is 3.45. The van der Waals surface area contributed by atoms with E-state index in [-0.39, 0.29) is 0 Å². The Morgan fingerprint density at radius 2 is 2.38 bits per heavy atom. The van der Waals surface area contributed by atoms with Gasteiger partial charge in [0, 0.05) is 24.0 Å². The number of pyridine rings is 1. The second-order valence-electron chi connectivity index (χ2n) is 6.09. The summed E-state index contributed by atoms with van der Waals surface area (Å²) in [6, 6.07) is 4.67. The van der Waals surface area contributed by atoms with Crippen LogP contribution in [0.15, 0.2) is 18.5 Å². The van der Waals surface area contributed by atoms with E-state index < -0.39 is 0 Å². The molecule has 110 valence electrons. The molecule has 5 nitrogen and oxygen atoms in total. The second-order valence-corrected chi connectivity index (χ2v) is 6.09. The first kappa shape index (κ1) is 13.7. The number of nitrogen functional groups attached to an aromatic ring is 1. The molecule has 2 aromatic heterocycles. The molecule has 0 amide bonds. The Hall–Kier alpha value is -2.22. The van der Waals surface area contributed by atoms with Crippen molar-refractivity contribution in [2.45, 2.75) is 38.6 Å². The average Bonchev–Trinajstić information content (AvgIpc) is 3.07. The monoisotopic (exact) mass is 283 g/mol. The van der Waals surface area contributed by atoms with Crippen molar-refractivity contribution in [1.82, 2.24) is 9.97 Å². The molecule has 2 aromatic rings. The number of nitrogens with one attached hydrogen (secondary N) is 2. The zero-order valence-electron chi connectivity index (χ0n) is 12.3. The summed E-state index contributed by atoms with van der Waals surface area (Å²) in [4.78, 5) is 7.41. The average molecular weight is 283 g/mol. The molecular weight excluding hydrogens is 262 g/mol. The number of anilines is 2. The molecule has 1 aliphatic carbocycles. The summed E-state index contributed by atoms with van der Waals surface area (Å²) in [5.74, 6) is 1.23. The lowest BCUT2D eigenvalue weighted by Crippen LogP contribution is -2.22. The van der Waals surface area contributed by atoms with E-state index in [1.807, 2.05) is 12.3 Å². The smallest absolute Gasteiger partial charge is 0.139 e. The Balaban J connectivity index is 1.78. The standard InChI is InChI=1S/C16H21N5/c1-10-7-11(3-2-5-17)8-14(10)21-15-12-4-6-19-16(12)20-9-13(15)18/h4,6,9-11,14H,2-3,7-8,18H2,1H3,(H2,19,20,21). The summed E-state index contributed by atoms with van der Waals surface area (Å²) in [5.41, 5.74) is 8.64. The van der Waals surface area contributed by atoms with Crippen LogP contribution in [0.3, 0.4) is 0 Å². The van der Waals surface area contributed by atoms with Crippen LogP contribution in [0.1, 0.15) is 32.6 Å². The molecule has 5 heteroatoms. The highest BCUT2D eigenvalue weighted by Gasteiger charge is 2.31. The molecule has 1 saturated carbocycles. The third-order valence-corrected chi connectivity index (χ3v) is 4.59. The molecule has 1 aliphatic rings. The first-order chi connectivity index (χ1) is 10.2. The van der Waals surface area contributed by atoms with Gasteiger partial charge in [-0.15, -0.1) is 0 Å². The highest BCUT2D eigenvalue weighted by Crippen LogP contribution is 2.38. The summed E-state index contributed by atoms with van der Waals surface area (Å²) in [6.45, 7) is 2.27. The predicted octanol–water partition coefficient (Wildman–Crippen LogP) is 3.28. The van der Waals surface area contributed by atoms with Crippen LogP contribution in [-0.2, 0) is 0 Å². The molecule has 2 heterocycles. The molecule has 0 radical (unpaired) electrons. The van der Waals surface area contributed by atoms with Gasteiger partial charge in [0.1, 0.15) is 5.65 Å². The minimum absolute atomic E-state index is 0.413. The molecule has 3 rings (SSSR count). The molecule has 1 fully saturated rings. The van der Waals surface area contributed by atoms with Crippen molar-refractivity contribution < 1.29 is 0 Å². The SMILES string of the molecule is CC1CC(CCC#N)CC1Nc1c(N)cnc2[nH]ccc12. The van der Waals surface area contributed by atoms with E-state index >= 15 is 0 Å². The summed E-state index contributed by atoms with van der Waals surface area (Å²) in [7, 11) is 0. The minimum atomic E-state index is 0.413. The van der Waals surface area contributed by atoms with Crippen molar-refractivity contribution >= 4 is 22.4 Å². The van der Waals surface area contributed by atoms with Gasteiger partial charge in [0.25, 0.3) is 0 Å². The van der Waals surface area contributed by atoms with Gasteiger partial charge in [-0.05, 0) is 37.2 Å². The van der Waals surface area contributed by atoms with Crippen molar-refractivity contribution in [3.63, 3.8) is 0 Å². The molecule has 0 bridgehead atoms. The van der Waals surface area contributed by atoms with Gasteiger partial charge in [0.2, 0.25) is 0 Å². The number of hydrogen-bond donors (Lipinski definition) is 3. The summed E-state index contributed by atoms with van der Waals surface area (Å²) in [6.07, 6.45) is 7.54. The van der Waals surface area contributed by atoms with Crippen molar-refractivity contribution in [2.75, 3.05) is 11.1 Å².